The summed E-state index contributed by atoms with van der Waals surface area (Å²) in [6, 6.07) is 0. The predicted molar refractivity (Wildman–Crippen MR) is 49.3 cm³/mol. The number of hydrogen-bond acceptors (Lipinski definition) is 3. The molecule has 1 fully saturated rings. The lowest BCUT2D eigenvalue weighted by Gasteiger charge is -2.27. The van der Waals surface area contributed by atoms with E-state index in [1.54, 1.807) is 0 Å². The minimum absolute atomic E-state index is 0.205. The molecule has 0 unspecified atom stereocenters. The molecular formula is C3H12F3N3Si3. The second kappa shape index (κ2) is 4.53. The SMILES string of the molecule is FC(F)(F)CCN1[SiH2]N[SiH2]N[SiH2]1. The molecule has 0 saturated carbocycles. The van der Waals surface area contributed by atoms with E-state index in [1.807, 2.05) is 4.23 Å². The lowest BCUT2D eigenvalue weighted by atomic mass is 10.4. The third kappa shape index (κ3) is 4.37. The minimum atomic E-state index is -3.99. The number of hydrogen-bond donors (Lipinski definition) is 2. The second-order valence-corrected chi connectivity index (χ2v) is 10.4. The van der Waals surface area contributed by atoms with Crippen LogP contribution in [0.15, 0.2) is 0 Å². The molecule has 1 rings (SSSR count). The summed E-state index contributed by atoms with van der Waals surface area (Å²) in [5, 5.41) is 0. The Morgan fingerprint density at radius 3 is 2.25 bits per heavy atom. The van der Waals surface area contributed by atoms with Gasteiger partial charge in [-0.2, -0.15) is 13.2 Å². The molecule has 0 aliphatic carbocycles. The first-order valence-corrected chi connectivity index (χ1v) is 7.88. The number of nitrogens with zero attached hydrogens (tertiary/aromatic N) is 1. The molecule has 1 saturated heterocycles. The summed E-state index contributed by atoms with van der Waals surface area (Å²) in [5.41, 5.74) is 0. The van der Waals surface area contributed by atoms with Gasteiger partial charge in [0.15, 0.2) is 29.5 Å². The van der Waals surface area contributed by atoms with Crippen LogP contribution in [0.4, 0.5) is 13.2 Å². The van der Waals surface area contributed by atoms with E-state index in [2.05, 4.69) is 9.30 Å². The van der Waals surface area contributed by atoms with E-state index in [0.717, 1.165) is 0 Å². The van der Waals surface area contributed by atoms with Gasteiger partial charge in [0.05, 0.1) is 6.42 Å². The van der Waals surface area contributed by atoms with E-state index in [0.29, 0.717) is 0 Å². The highest BCUT2D eigenvalue weighted by atomic mass is 28.4. The van der Waals surface area contributed by atoms with Crippen molar-refractivity contribution < 1.29 is 13.2 Å². The van der Waals surface area contributed by atoms with Crippen LogP contribution in [0, 0.1) is 0 Å². The van der Waals surface area contributed by atoms with Gasteiger partial charge in [-0.15, -0.1) is 0 Å². The van der Waals surface area contributed by atoms with Crippen molar-refractivity contribution in [2.24, 2.45) is 0 Å². The van der Waals surface area contributed by atoms with Gasteiger partial charge in [-0.25, -0.2) is 0 Å². The molecule has 0 radical (unpaired) electrons. The molecule has 0 aromatic rings. The van der Waals surface area contributed by atoms with Crippen molar-refractivity contribution >= 4 is 29.5 Å². The second-order valence-electron chi connectivity index (χ2n) is 2.75. The Kier molecular flexibility index (Phi) is 3.92. The number of halogens is 3. The van der Waals surface area contributed by atoms with Gasteiger partial charge in [0.25, 0.3) is 0 Å². The average molecular weight is 231 g/mol. The molecule has 0 bridgehead atoms. The number of nitrogens with one attached hydrogen (secondary N) is 2. The Morgan fingerprint density at radius 2 is 1.75 bits per heavy atom. The van der Waals surface area contributed by atoms with Crippen LogP contribution in [0.5, 0.6) is 0 Å². The van der Waals surface area contributed by atoms with Gasteiger partial charge in [-0.05, 0) is 6.54 Å². The van der Waals surface area contributed by atoms with Crippen molar-refractivity contribution in [3.05, 3.63) is 0 Å². The molecule has 0 aromatic heterocycles. The molecule has 0 spiro atoms. The molecule has 1 heterocycles. The molecule has 9 heteroatoms. The molecular weight excluding hydrogens is 219 g/mol. The van der Waals surface area contributed by atoms with E-state index in [1.165, 1.54) is 0 Å². The Bertz CT molecular complexity index is 136. The van der Waals surface area contributed by atoms with E-state index in [4.69, 9.17) is 0 Å². The van der Waals surface area contributed by atoms with Crippen LogP contribution in [-0.2, 0) is 0 Å². The zero-order chi connectivity index (χ0) is 9.03. The zero-order valence-electron chi connectivity index (χ0n) is 6.62. The van der Waals surface area contributed by atoms with Gasteiger partial charge < -0.3 is 13.5 Å². The van der Waals surface area contributed by atoms with Gasteiger partial charge in [0.1, 0.15) is 0 Å². The van der Waals surface area contributed by atoms with Gasteiger partial charge in [0.2, 0.25) is 0 Å². The fourth-order valence-electron chi connectivity index (χ4n) is 1.02. The maximum Gasteiger partial charge on any atom is 0.390 e. The summed E-state index contributed by atoms with van der Waals surface area (Å²) in [4.78, 5) is 0. The Morgan fingerprint density at radius 1 is 1.17 bits per heavy atom. The van der Waals surface area contributed by atoms with Gasteiger partial charge in [-0.3, -0.25) is 0 Å². The minimum Gasteiger partial charge on any atom is -0.346 e. The highest BCUT2D eigenvalue weighted by molar-refractivity contribution is 6.65. The zero-order valence-corrected chi connectivity index (χ0v) is 10.9. The van der Waals surface area contributed by atoms with Crippen LogP contribution >= 0.6 is 0 Å². The van der Waals surface area contributed by atoms with Crippen LogP contribution in [0.2, 0.25) is 0 Å². The lowest BCUT2D eigenvalue weighted by molar-refractivity contribution is -0.134. The largest absolute Gasteiger partial charge is 0.390 e. The van der Waals surface area contributed by atoms with Crippen LogP contribution in [0.25, 0.3) is 0 Å². The highest BCUT2D eigenvalue weighted by Gasteiger charge is 2.27. The third-order valence-electron chi connectivity index (χ3n) is 1.63. The Hall–Kier alpha value is 0.321. The molecule has 72 valence electrons. The van der Waals surface area contributed by atoms with E-state index in [-0.39, 0.29) is 16.4 Å². The molecule has 12 heavy (non-hydrogen) atoms. The smallest absolute Gasteiger partial charge is 0.346 e. The van der Waals surface area contributed by atoms with Gasteiger partial charge in [0, 0.05) is 0 Å². The molecule has 3 nitrogen and oxygen atoms in total. The maximum atomic E-state index is 11.8. The maximum absolute atomic E-state index is 11.8. The van der Waals surface area contributed by atoms with Crippen LogP contribution < -0.4 is 9.30 Å². The average Bonchev–Trinajstić information content (AvgIpc) is 2.02. The first-order chi connectivity index (χ1) is 5.58. The summed E-state index contributed by atoms with van der Waals surface area (Å²) in [6.07, 6.45) is -4.64. The number of alkyl halides is 3. The standard InChI is InChI=1S/C3H12F3N3Si3/c4-3(5,6)1-2-9-11-7-10-8-12-9/h7-8H,1-2,10-12H2. The summed E-state index contributed by atoms with van der Waals surface area (Å²) in [5.74, 6) is 0. The Labute approximate surface area is 76.0 Å². The topological polar surface area (TPSA) is 27.3 Å². The van der Waals surface area contributed by atoms with Crippen LogP contribution in [-0.4, -0.2) is 46.5 Å². The van der Waals surface area contributed by atoms with Crippen molar-refractivity contribution in [1.82, 2.24) is 13.5 Å². The van der Waals surface area contributed by atoms with Crippen molar-refractivity contribution in [2.75, 3.05) is 6.54 Å². The molecule has 0 atom stereocenters. The van der Waals surface area contributed by atoms with Crippen molar-refractivity contribution in [2.45, 2.75) is 12.6 Å². The number of rotatable bonds is 2. The van der Waals surface area contributed by atoms with E-state index >= 15 is 0 Å². The van der Waals surface area contributed by atoms with Crippen molar-refractivity contribution in [1.29, 1.82) is 0 Å². The Balaban J connectivity index is 2.13. The monoisotopic (exact) mass is 231 g/mol. The van der Waals surface area contributed by atoms with E-state index in [9.17, 15) is 13.2 Å². The quantitative estimate of drug-likeness (QED) is 0.512. The lowest BCUT2D eigenvalue weighted by Crippen LogP contribution is -2.58. The normalized spacial score (nSPS) is 27.2. The highest BCUT2D eigenvalue weighted by Crippen LogP contribution is 2.19. The molecule has 1 aliphatic rings. The molecule has 0 aromatic carbocycles. The predicted octanol–water partition coefficient (Wildman–Crippen LogP) is -2.57. The molecule has 2 N–H and O–H groups in total. The molecule has 1 aliphatic heterocycles. The van der Waals surface area contributed by atoms with Crippen molar-refractivity contribution in [3.63, 3.8) is 0 Å². The van der Waals surface area contributed by atoms with Crippen molar-refractivity contribution in [3.8, 4) is 0 Å². The fraction of sp³-hybridized carbons (Fsp3) is 1.00. The summed E-state index contributed by atoms with van der Waals surface area (Å²) >= 11 is 0. The summed E-state index contributed by atoms with van der Waals surface area (Å²) in [7, 11) is -1.28. The van der Waals surface area contributed by atoms with Crippen LogP contribution in [0.3, 0.4) is 0 Å². The summed E-state index contributed by atoms with van der Waals surface area (Å²) < 4.78 is 43.8. The third-order valence-corrected chi connectivity index (χ3v) is 8.29. The first kappa shape index (κ1) is 10.4. The van der Waals surface area contributed by atoms with Gasteiger partial charge >= 0.3 is 6.18 Å². The fourth-order valence-corrected chi connectivity index (χ4v) is 10.7. The van der Waals surface area contributed by atoms with Crippen LogP contribution in [0.1, 0.15) is 6.42 Å². The summed E-state index contributed by atoms with van der Waals surface area (Å²) in [6.45, 7) is 0.205. The first-order valence-electron chi connectivity index (χ1n) is 3.78. The molecule has 0 amide bonds. The van der Waals surface area contributed by atoms with E-state index < -0.39 is 32.3 Å². The van der Waals surface area contributed by atoms with Gasteiger partial charge in [-0.1, -0.05) is 0 Å².